The second-order valence-electron chi connectivity index (χ2n) is 4.91. The Morgan fingerprint density at radius 2 is 2.14 bits per heavy atom. The third-order valence-corrected chi connectivity index (χ3v) is 3.56. The van der Waals surface area contributed by atoms with Crippen LogP contribution in [0.4, 0.5) is 0 Å². The fourth-order valence-electron chi connectivity index (χ4n) is 2.29. The summed E-state index contributed by atoms with van der Waals surface area (Å²) in [6.45, 7) is 1.90. The van der Waals surface area contributed by atoms with Crippen LogP contribution in [0, 0.1) is 11.3 Å². The van der Waals surface area contributed by atoms with Crippen LogP contribution in [-0.2, 0) is 7.05 Å². The van der Waals surface area contributed by atoms with Crippen LogP contribution < -0.4 is 10.7 Å². The van der Waals surface area contributed by atoms with Crippen molar-refractivity contribution in [1.29, 1.82) is 5.26 Å². The van der Waals surface area contributed by atoms with Gasteiger partial charge in [0.2, 0.25) is 0 Å². The first-order valence-corrected chi connectivity index (χ1v) is 6.85. The molecule has 1 aromatic heterocycles. The first kappa shape index (κ1) is 14.8. The van der Waals surface area contributed by atoms with Gasteiger partial charge in [-0.25, -0.2) is 0 Å². The van der Waals surface area contributed by atoms with Gasteiger partial charge in [0.1, 0.15) is 5.69 Å². The third-order valence-electron chi connectivity index (χ3n) is 3.56. The van der Waals surface area contributed by atoms with E-state index in [1.807, 2.05) is 19.1 Å². The predicted molar refractivity (Wildman–Crippen MR) is 81.0 cm³/mol. The van der Waals surface area contributed by atoms with E-state index in [4.69, 9.17) is 5.26 Å². The molecule has 1 heterocycles. The topological polar surface area (TPSA) is 74.9 Å². The van der Waals surface area contributed by atoms with E-state index >= 15 is 0 Å². The number of hydrogen-bond acceptors (Lipinski definition) is 3. The monoisotopic (exact) mass is 283 g/mol. The van der Waals surface area contributed by atoms with E-state index in [2.05, 4.69) is 5.32 Å². The molecule has 1 aromatic carbocycles. The van der Waals surface area contributed by atoms with E-state index in [1.165, 1.54) is 6.07 Å². The molecule has 1 N–H and O–H groups in total. The molecule has 1 unspecified atom stereocenters. The van der Waals surface area contributed by atoms with Crippen LogP contribution in [-0.4, -0.2) is 16.5 Å². The molecule has 0 fully saturated rings. The normalized spacial score (nSPS) is 11.9. The lowest BCUT2D eigenvalue weighted by Crippen LogP contribution is -2.36. The highest BCUT2D eigenvalue weighted by Gasteiger charge is 2.16. The number of nitriles is 1. The van der Waals surface area contributed by atoms with Gasteiger partial charge in [0, 0.05) is 24.5 Å². The van der Waals surface area contributed by atoms with Crippen molar-refractivity contribution in [1.82, 2.24) is 9.88 Å². The molecule has 5 nitrogen and oxygen atoms in total. The van der Waals surface area contributed by atoms with Crippen molar-refractivity contribution in [3.63, 3.8) is 0 Å². The Balaban J connectivity index is 2.43. The first-order chi connectivity index (χ1) is 10.1. The zero-order valence-corrected chi connectivity index (χ0v) is 12.1. The van der Waals surface area contributed by atoms with Crippen LogP contribution in [0.1, 0.15) is 30.3 Å². The maximum absolute atomic E-state index is 12.3. The summed E-state index contributed by atoms with van der Waals surface area (Å²) in [7, 11) is 1.75. The lowest BCUT2D eigenvalue weighted by atomic mass is 10.1. The van der Waals surface area contributed by atoms with Gasteiger partial charge in [-0.3, -0.25) is 9.59 Å². The Labute approximate surface area is 122 Å². The van der Waals surface area contributed by atoms with Gasteiger partial charge in [-0.15, -0.1) is 0 Å². The van der Waals surface area contributed by atoms with Crippen LogP contribution in [0.3, 0.4) is 0 Å². The Morgan fingerprint density at radius 3 is 2.81 bits per heavy atom. The number of fused-ring (bicyclic) bond motifs is 1. The zero-order chi connectivity index (χ0) is 15.4. The molecular formula is C16H17N3O2. The number of pyridine rings is 1. The third kappa shape index (κ3) is 2.95. The average molecular weight is 283 g/mol. The maximum Gasteiger partial charge on any atom is 0.268 e. The number of rotatable bonds is 4. The van der Waals surface area contributed by atoms with Crippen molar-refractivity contribution in [2.24, 2.45) is 7.05 Å². The van der Waals surface area contributed by atoms with Gasteiger partial charge in [-0.05, 0) is 18.6 Å². The number of carbonyl (C=O) groups excluding carboxylic acids is 1. The number of nitrogens with one attached hydrogen (secondary N) is 1. The van der Waals surface area contributed by atoms with Crippen molar-refractivity contribution in [3.8, 4) is 6.07 Å². The second kappa shape index (κ2) is 6.23. The molecule has 0 saturated carbocycles. The molecule has 0 bridgehead atoms. The van der Waals surface area contributed by atoms with E-state index in [0.717, 1.165) is 0 Å². The number of hydrogen-bond donors (Lipinski definition) is 1. The van der Waals surface area contributed by atoms with Gasteiger partial charge < -0.3 is 9.88 Å². The molecule has 1 atom stereocenters. The minimum absolute atomic E-state index is 0.179. The molecule has 21 heavy (non-hydrogen) atoms. The summed E-state index contributed by atoms with van der Waals surface area (Å²) in [5, 5.41) is 12.1. The largest absolute Gasteiger partial charge is 0.347 e. The molecule has 2 rings (SSSR count). The molecule has 0 spiro atoms. The highest BCUT2D eigenvalue weighted by molar-refractivity contribution is 5.95. The van der Waals surface area contributed by atoms with Crippen molar-refractivity contribution in [2.75, 3.05) is 0 Å². The molecule has 5 heteroatoms. The van der Waals surface area contributed by atoms with Crippen molar-refractivity contribution in [3.05, 3.63) is 46.2 Å². The summed E-state index contributed by atoms with van der Waals surface area (Å²) < 4.78 is 1.70. The zero-order valence-electron chi connectivity index (χ0n) is 12.1. The Kier molecular flexibility index (Phi) is 4.39. The fourth-order valence-corrected chi connectivity index (χ4v) is 2.29. The molecule has 0 aliphatic rings. The number of aryl methyl sites for hydroxylation is 1. The van der Waals surface area contributed by atoms with Crippen molar-refractivity contribution in [2.45, 2.75) is 25.8 Å². The maximum atomic E-state index is 12.3. The predicted octanol–water partition coefficient (Wildman–Crippen LogP) is 1.96. The molecule has 1 amide bonds. The summed E-state index contributed by atoms with van der Waals surface area (Å²) in [4.78, 5) is 24.4. The molecule has 0 radical (unpaired) electrons. The smallest absolute Gasteiger partial charge is 0.268 e. The summed E-state index contributed by atoms with van der Waals surface area (Å²) in [6.07, 6.45) is 0.921. The van der Waals surface area contributed by atoms with Gasteiger partial charge in [-0.1, -0.05) is 19.1 Å². The highest BCUT2D eigenvalue weighted by Crippen LogP contribution is 2.11. The average Bonchev–Trinajstić information content (AvgIpc) is 2.50. The van der Waals surface area contributed by atoms with E-state index in [0.29, 0.717) is 23.0 Å². The van der Waals surface area contributed by atoms with Crippen LogP contribution in [0.5, 0.6) is 0 Å². The molecular weight excluding hydrogens is 266 g/mol. The van der Waals surface area contributed by atoms with Crippen LogP contribution in [0.25, 0.3) is 10.9 Å². The summed E-state index contributed by atoms with van der Waals surface area (Å²) in [6, 6.07) is 10.4. The summed E-state index contributed by atoms with van der Waals surface area (Å²) >= 11 is 0. The van der Waals surface area contributed by atoms with Crippen molar-refractivity contribution < 1.29 is 4.79 Å². The second-order valence-corrected chi connectivity index (χ2v) is 4.91. The van der Waals surface area contributed by atoms with Gasteiger partial charge in [0.25, 0.3) is 5.91 Å². The first-order valence-electron chi connectivity index (χ1n) is 6.85. The summed E-state index contributed by atoms with van der Waals surface area (Å²) in [5.74, 6) is -0.331. The minimum Gasteiger partial charge on any atom is -0.347 e. The minimum atomic E-state index is -0.331. The standard InChI is InChI=1S/C16H17N3O2/c1-3-11(8-9-17)18-16(21)14-10-15(20)12-6-4-5-7-13(12)19(14)2/h4-7,10-11H,3,8H2,1-2H3,(H,18,21). The summed E-state index contributed by atoms with van der Waals surface area (Å²) in [5.41, 5.74) is 0.834. The van der Waals surface area contributed by atoms with Gasteiger partial charge in [0.05, 0.1) is 18.0 Å². The Morgan fingerprint density at radius 1 is 1.43 bits per heavy atom. The molecule has 108 valence electrons. The van der Waals surface area contributed by atoms with E-state index in [1.54, 1.807) is 29.8 Å². The van der Waals surface area contributed by atoms with Crippen LogP contribution in [0.2, 0.25) is 0 Å². The Hall–Kier alpha value is -2.61. The number of nitrogens with zero attached hydrogens (tertiary/aromatic N) is 2. The van der Waals surface area contributed by atoms with Gasteiger partial charge in [-0.2, -0.15) is 5.26 Å². The number of carbonyl (C=O) groups is 1. The molecule has 0 saturated heterocycles. The van der Waals surface area contributed by atoms with Crippen LogP contribution >= 0.6 is 0 Å². The highest BCUT2D eigenvalue weighted by atomic mass is 16.2. The number of benzene rings is 1. The number of para-hydroxylation sites is 1. The van der Waals surface area contributed by atoms with Crippen LogP contribution in [0.15, 0.2) is 35.1 Å². The quantitative estimate of drug-likeness (QED) is 0.932. The Bertz CT molecular complexity index is 771. The SMILES string of the molecule is CCC(CC#N)NC(=O)c1cc(=O)c2ccccc2n1C. The van der Waals surface area contributed by atoms with E-state index in [9.17, 15) is 9.59 Å². The molecule has 0 aliphatic carbocycles. The fraction of sp³-hybridized carbons (Fsp3) is 0.312. The number of aromatic nitrogens is 1. The number of amides is 1. The lowest BCUT2D eigenvalue weighted by molar-refractivity contribution is 0.0928. The molecule has 0 aliphatic heterocycles. The van der Waals surface area contributed by atoms with E-state index in [-0.39, 0.29) is 23.8 Å². The van der Waals surface area contributed by atoms with E-state index < -0.39 is 0 Å². The van der Waals surface area contributed by atoms with Gasteiger partial charge in [0.15, 0.2) is 5.43 Å². The van der Waals surface area contributed by atoms with Gasteiger partial charge >= 0.3 is 0 Å². The van der Waals surface area contributed by atoms with Crippen molar-refractivity contribution >= 4 is 16.8 Å². The lowest BCUT2D eigenvalue weighted by Gasteiger charge is -2.16. The molecule has 2 aromatic rings.